The fourth-order valence-corrected chi connectivity index (χ4v) is 3.95. The highest BCUT2D eigenvalue weighted by atomic mass is 19.1. The first-order valence-electron chi connectivity index (χ1n) is 10.7. The van der Waals surface area contributed by atoms with Crippen LogP contribution in [0.4, 0.5) is 16.2 Å². The summed E-state index contributed by atoms with van der Waals surface area (Å²) in [7, 11) is 5.92. The van der Waals surface area contributed by atoms with Gasteiger partial charge < -0.3 is 14.7 Å². The zero-order valence-corrected chi connectivity index (χ0v) is 18.8. The average Bonchev–Trinajstić information content (AvgIpc) is 2.80. The molecule has 3 aromatic rings. The minimum absolute atomic E-state index is 0.0252. The second-order valence-corrected chi connectivity index (χ2v) is 8.38. The molecule has 7 heteroatoms. The lowest BCUT2D eigenvalue weighted by Crippen LogP contribution is -2.38. The van der Waals surface area contributed by atoms with Crippen molar-refractivity contribution in [3.05, 3.63) is 82.8 Å². The molecular weight excluding hydrogens is 405 g/mol. The van der Waals surface area contributed by atoms with Gasteiger partial charge in [-0.05, 0) is 23.3 Å². The van der Waals surface area contributed by atoms with E-state index in [1.807, 2.05) is 49.1 Å². The molecule has 0 bridgehead atoms. The number of carbonyl (C=O) groups is 1. The van der Waals surface area contributed by atoms with Crippen LogP contribution in [0.3, 0.4) is 0 Å². The molecule has 0 atom stereocenters. The minimum Gasteiger partial charge on any atom is -0.362 e. The molecule has 1 aromatic heterocycles. The Bertz CT molecular complexity index is 1090. The van der Waals surface area contributed by atoms with Crippen LogP contribution >= 0.6 is 0 Å². The van der Waals surface area contributed by atoms with Crippen molar-refractivity contribution in [3.8, 4) is 0 Å². The number of nitrogens with zero attached hydrogens (tertiary/aromatic N) is 5. The van der Waals surface area contributed by atoms with Crippen LogP contribution in [0, 0.1) is 5.82 Å². The summed E-state index contributed by atoms with van der Waals surface area (Å²) in [6.45, 7) is 1.80. The molecule has 1 aliphatic heterocycles. The van der Waals surface area contributed by atoms with Crippen LogP contribution < -0.4 is 9.80 Å². The van der Waals surface area contributed by atoms with Crippen molar-refractivity contribution in [1.82, 2.24) is 14.9 Å². The first-order valence-corrected chi connectivity index (χ1v) is 10.7. The molecule has 0 aliphatic carbocycles. The van der Waals surface area contributed by atoms with Crippen molar-refractivity contribution >= 4 is 17.7 Å². The van der Waals surface area contributed by atoms with Crippen molar-refractivity contribution in [2.75, 3.05) is 37.5 Å². The number of halogens is 1. The van der Waals surface area contributed by atoms with Crippen LogP contribution in [-0.2, 0) is 30.7 Å². The predicted octanol–water partition coefficient (Wildman–Crippen LogP) is 3.45. The van der Waals surface area contributed by atoms with E-state index in [-0.39, 0.29) is 18.1 Å². The van der Waals surface area contributed by atoms with Crippen molar-refractivity contribution in [3.63, 3.8) is 0 Å². The molecule has 4 rings (SSSR count). The Balaban J connectivity index is 1.53. The largest absolute Gasteiger partial charge is 0.362 e. The standard InChI is InChI=1S/C25H28FN5O/c1-29(2)24-21-17-31(23(32)15-18-9-11-20(26)12-10-18)14-13-22(21)27-25(28-24)30(3)16-19-7-5-4-6-8-19/h4-12H,13-17H2,1-3H3. The SMILES string of the molecule is CN(C)c1nc(N(C)Cc2ccccc2)nc2c1CN(C(=O)Cc1ccc(F)cc1)CC2. The van der Waals surface area contributed by atoms with Crippen LogP contribution in [0.15, 0.2) is 54.6 Å². The van der Waals surface area contributed by atoms with Gasteiger partial charge in [0.1, 0.15) is 11.6 Å². The third-order valence-corrected chi connectivity index (χ3v) is 5.68. The lowest BCUT2D eigenvalue weighted by Gasteiger charge is -2.32. The summed E-state index contributed by atoms with van der Waals surface area (Å²) in [6.07, 6.45) is 0.936. The van der Waals surface area contributed by atoms with Crippen molar-refractivity contribution < 1.29 is 9.18 Å². The van der Waals surface area contributed by atoms with Gasteiger partial charge in [-0.3, -0.25) is 4.79 Å². The second-order valence-electron chi connectivity index (χ2n) is 8.38. The Morgan fingerprint density at radius 2 is 1.72 bits per heavy atom. The third-order valence-electron chi connectivity index (χ3n) is 5.68. The van der Waals surface area contributed by atoms with E-state index in [0.29, 0.717) is 25.5 Å². The molecule has 32 heavy (non-hydrogen) atoms. The monoisotopic (exact) mass is 433 g/mol. The lowest BCUT2D eigenvalue weighted by atomic mass is 10.0. The maximum atomic E-state index is 13.2. The van der Waals surface area contributed by atoms with Gasteiger partial charge in [-0.2, -0.15) is 4.98 Å². The van der Waals surface area contributed by atoms with E-state index in [4.69, 9.17) is 9.97 Å². The van der Waals surface area contributed by atoms with Gasteiger partial charge in [0.05, 0.1) is 18.7 Å². The normalized spacial score (nSPS) is 12.9. The first-order chi connectivity index (χ1) is 15.4. The molecule has 6 nitrogen and oxygen atoms in total. The van der Waals surface area contributed by atoms with Gasteiger partial charge >= 0.3 is 0 Å². The molecule has 0 saturated carbocycles. The zero-order valence-electron chi connectivity index (χ0n) is 18.8. The summed E-state index contributed by atoms with van der Waals surface area (Å²) in [5.41, 5.74) is 3.99. The molecule has 0 radical (unpaired) electrons. The van der Waals surface area contributed by atoms with Gasteiger partial charge in [0, 0.05) is 46.2 Å². The fourth-order valence-electron chi connectivity index (χ4n) is 3.95. The number of benzene rings is 2. The highest BCUT2D eigenvalue weighted by Crippen LogP contribution is 2.28. The van der Waals surface area contributed by atoms with Gasteiger partial charge in [0.15, 0.2) is 0 Å². The predicted molar refractivity (Wildman–Crippen MR) is 124 cm³/mol. The number of anilines is 2. The Morgan fingerprint density at radius 3 is 2.41 bits per heavy atom. The molecule has 2 heterocycles. The van der Waals surface area contributed by atoms with E-state index in [1.165, 1.54) is 17.7 Å². The molecule has 0 fully saturated rings. The van der Waals surface area contributed by atoms with Crippen LogP contribution in [0.2, 0.25) is 0 Å². The number of aromatic nitrogens is 2. The summed E-state index contributed by atoms with van der Waals surface area (Å²) in [5, 5.41) is 0. The molecule has 0 spiro atoms. The van der Waals surface area contributed by atoms with E-state index in [2.05, 4.69) is 17.0 Å². The molecule has 0 unspecified atom stereocenters. The Labute approximate surface area is 188 Å². The Morgan fingerprint density at radius 1 is 1.00 bits per heavy atom. The maximum Gasteiger partial charge on any atom is 0.227 e. The van der Waals surface area contributed by atoms with Crippen molar-refractivity contribution in [2.45, 2.75) is 25.9 Å². The molecule has 0 N–H and O–H groups in total. The number of hydrogen-bond donors (Lipinski definition) is 0. The van der Waals surface area contributed by atoms with Gasteiger partial charge in [0.25, 0.3) is 0 Å². The van der Waals surface area contributed by atoms with E-state index in [0.717, 1.165) is 29.2 Å². The van der Waals surface area contributed by atoms with Crippen LogP contribution in [0.1, 0.15) is 22.4 Å². The average molecular weight is 434 g/mol. The number of rotatable bonds is 6. The molecule has 1 amide bonds. The highest BCUT2D eigenvalue weighted by molar-refractivity contribution is 5.79. The first kappa shape index (κ1) is 21.7. The maximum absolute atomic E-state index is 13.2. The van der Waals surface area contributed by atoms with E-state index >= 15 is 0 Å². The van der Waals surface area contributed by atoms with E-state index < -0.39 is 0 Å². The fraction of sp³-hybridized carbons (Fsp3) is 0.320. The smallest absolute Gasteiger partial charge is 0.227 e. The van der Waals surface area contributed by atoms with Gasteiger partial charge in [-0.15, -0.1) is 0 Å². The lowest BCUT2D eigenvalue weighted by molar-refractivity contribution is -0.131. The number of amides is 1. The molecule has 1 aliphatic rings. The summed E-state index contributed by atoms with van der Waals surface area (Å²) in [4.78, 5) is 28.4. The molecule has 2 aromatic carbocycles. The summed E-state index contributed by atoms with van der Waals surface area (Å²) >= 11 is 0. The van der Waals surface area contributed by atoms with E-state index in [1.54, 1.807) is 12.1 Å². The third kappa shape index (κ3) is 4.88. The zero-order chi connectivity index (χ0) is 22.7. The minimum atomic E-state index is -0.297. The summed E-state index contributed by atoms with van der Waals surface area (Å²) < 4.78 is 13.2. The van der Waals surface area contributed by atoms with Crippen molar-refractivity contribution in [2.24, 2.45) is 0 Å². The topological polar surface area (TPSA) is 52.6 Å². The summed E-state index contributed by atoms with van der Waals surface area (Å²) in [5.74, 6) is 1.25. The second kappa shape index (κ2) is 9.34. The van der Waals surface area contributed by atoms with Gasteiger partial charge in [-0.1, -0.05) is 42.5 Å². The van der Waals surface area contributed by atoms with Gasteiger partial charge in [0.2, 0.25) is 11.9 Å². The quantitative estimate of drug-likeness (QED) is 0.596. The van der Waals surface area contributed by atoms with Gasteiger partial charge in [-0.25, -0.2) is 9.37 Å². The number of fused-ring (bicyclic) bond motifs is 1. The summed E-state index contributed by atoms with van der Waals surface area (Å²) in [6, 6.07) is 16.3. The van der Waals surface area contributed by atoms with E-state index in [9.17, 15) is 9.18 Å². The van der Waals surface area contributed by atoms with Crippen LogP contribution in [-0.4, -0.2) is 48.5 Å². The molecule has 166 valence electrons. The number of hydrogen-bond acceptors (Lipinski definition) is 5. The van der Waals surface area contributed by atoms with Crippen LogP contribution in [0.5, 0.6) is 0 Å². The molecular formula is C25H28FN5O. The molecule has 0 saturated heterocycles. The van der Waals surface area contributed by atoms with Crippen LogP contribution in [0.25, 0.3) is 0 Å². The number of carbonyl (C=O) groups excluding carboxylic acids is 1. The Hall–Kier alpha value is -3.48. The Kier molecular flexibility index (Phi) is 6.35. The van der Waals surface area contributed by atoms with Crippen molar-refractivity contribution in [1.29, 1.82) is 0 Å². The highest BCUT2D eigenvalue weighted by Gasteiger charge is 2.27.